The minimum atomic E-state index is 0.584. The maximum Gasteiger partial charge on any atom is 0.0772 e. The number of pyridine rings is 1. The zero-order valence-corrected chi connectivity index (χ0v) is 22.9. The lowest BCUT2D eigenvalue weighted by molar-refractivity contribution is 0.225. The molecule has 192 valence electrons. The summed E-state index contributed by atoms with van der Waals surface area (Å²) in [5, 5.41) is 0. The Balaban J connectivity index is 0.000000127. The Labute approximate surface area is 217 Å². The average molecular weight is 487 g/mol. The molecule has 0 unspecified atom stereocenters. The van der Waals surface area contributed by atoms with E-state index in [4.69, 9.17) is 0 Å². The van der Waals surface area contributed by atoms with Crippen LogP contribution in [0, 0.1) is 0 Å². The number of hydrogen-bond donors (Lipinski definition) is 0. The Morgan fingerprint density at radius 1 is 0.472 bits per heavy atom. The van der Waals surface area contributed by atoms with Gasteiger partial charge in [0.1, 0.15) is 0 Å². The van der Waals surface area contributed by atoms with Crippen LogP contribution in [0.5, 0.6) is 0 Å². The zero-order valence-electron chi connectivity index (χ0n) is 22.9. The van der Waals surface area contributed by atoms with Crippen molar-refractivity contribution in [2.45, 2.75) is 98.9 Å². The second-order valence-corrected chi connectivity index (χ2v) is 10.8. The van der Waals surface area contributed by atoms with E-state index < -0.39 is 0 Å². The molecule has 1 aromatic carbocycles. The maximum absolute atomic E-state index is 4.35. The van der Waals surface area contributed by atoms with Crippen LogP contribution >= 0.6 is 0 Å². The van der Waals surface area contributed by atoms with Crippen LogP contribution in [-0.2, 0) is 39.3 Å². The van der Waals surface area contributed by atoms with E-state index in [9.17, 15) is 0 Å². The van der Waals surface area contributed by atoms with Crippen LogP contribution in [0.3, 0.4) is 0 Å². The Kier molecular flexibility index (Phi) is 8.83. The van der Waals surface area contributed by atoms with Crippen molar-refractivity contribution in [2.75, 3.05) is 0 Å². The number of rotatable bonds is 3. The van der Waals surface area contributed by atoms with Crippen molar-refractivity contribution in [3.05, 3.63) is 88.8 Å². The molecule has 0 bridgehead atoms. The van der Waals surface area contributed by atoms with Crippen molar-refractivity contribution in [3.8, 4) is 0 Å². The Morgan fingerprint density at radius 2 is 0.861 bits per heavy atom. The van der Waals surface area contributed by atoms with Crippen molar-refractivity contribution in [1.29, 1.82) is 0 Å². The van der Waals surface area contributed by atoms with Gasteiger partial charge in [-0.2, -0.15) is 0 Å². The molecule has 0 saturated heterocycles. The van der Waals surface area contributed by atoms with Gasteiger partial charge in [0.15, 0.2) is 0 Å². The number of hydrogen-bond acceptors (Lipinski definition) is 6. The summed E-state index contributed by atoms with van der Waals surface area (Å²) in [6.07, 6.45) is 5.41. The van der Waals surface area contributed by atoms with E-state index in [1.165, 1.54) is 22.4 Å². The van der Waals surface area contributed by atoms with Gasteiger partial charge in [-0.05, 0) is 64.3 Å². The topological polar surface area (TPSA) is 48.4 Å². The summed E-state index contributed by atoms with van der Waals surface area (Å²) in [7, 11) is 0. The van der Waals surface area contributed by atoms with E-state index in [0.717, 1.165) is 50.7 Å². The SMILES string of the molecule is CC(C)N1Cc2ccccc2C1.CC(C)N1Cc2cccnc2C1.CC(C)N1Cc2nccnc2C1. The highest BCUT2D eigenvalue weighted by Crippen LogP contribution is 2.24. The lowest BCUT2D eigenvalue weighted by atomic mass is 10.1. The van der Waals surface area contributed by atoms with E-state index in [0.29, 0.717) is 18.1 Å². The fraction of sp³-hybridized carbons (Fsp3) is 0.500. The molecule has 0 N–H and O–H groups in total. The second kappa shape index (κ2) is 12.0. The zero-order chi connectivity index (χ0) is 25.7. The lowest BCUT2D eigenvalue weighted by Gasteiger charge is -2.18. The molecule has 0 spiro atoms. The lowest BCUT2D eigenvalue weighted by Crippen LogP contribution is -2.24. The molecule has 0 fully saturated rings. The first-order valence-electron chi connectivity index (χ1n) is 13.3. The highest BCUT2D eigenvalue weighted by Gasteiger charge is 2.23. The minimum absolute atomic E-state index is 0.584. The van der Waals surface area contributed by atoms with Gasteiger partial charge in [0.25, 0.3) is 0 Å². The molecule has 0 saturated carbocycles. The van der Waals surface area contributed by atoms with E-state index >= 15 is 0 Å². The maximum atomic E-state index is 4.35. The molecule has 3 aromatic rings. The van der Waals surface area contributed by atoms with Gasteiger partial charge >= 0.3 is 0 Å². The molecular formula is C30H42N6. The number of nitrogens with zero attached hydrogens (tertiary/aromatic N) is 6. The summed E-state index contributed by atoms with van der Waals surface area (Å²) in [5.74, 6) is 0. The largest absolute Gasteiger partial charge is 0.292 e. The smallest absolute Gasteiger partial charge is 0.0772 e. The van der Waals surface area contributed by atoms with Crippen molar-refractivity contribution >= 4 is 0 Å². The first kappa shape index (κ1) is 26.4. The Morgan fingerprint density at radius 3 is 1.36 bits per heavy atom. The van der Waals surface area contributed by atoms with Crippen LogP contribution in [0.25, 0.3) is 0 Å². The van der Waals surface area contributed by atoms with E-state index in [1.807, 2.05) is 12.3 Å². The molecule has 5 heterocycles. The first-order chi connectivity index (χ1) is 17.3. The quantitative estimate of drug-likeness (QED) is 0.493. The molecule has 0 aliphatic carbocycles. The molecule has 6 nitrogen and oxygen atoms in total. The Bertz CT molecular complexity index is 909. The summed E-state index contributed by atoms with van der Waals surface area (Å²) in [5.41, 5.74) is 7.95. The monoisotopic (exact) mass is 486 g/mol. The predicted octanol–water partition coefficient (Wildman–Crippen LogP) is 5.42. The minimum Gasteiger partial charge on any atom is -0.292 e. The van der Waals surface area contributed by atoms with Gasteiger partial charge in [0, 0.05) is 76.0 Å². The number of benzene rings is 1. The number of aromatic nitrogens is 3. The summed E-state index contributed by atoms with van der Waals surface area (Å²) >= 11 is 0. The van der Waals surface area contributed by atoms with Crippen molar-refractivity contribution in [3.63, 3.8) is 0 Å². The van der Waals surface area contributed by atoms with E-state index in [1.54, 1.807) is 12.4 Å². The second-order valence-electron chi connectivity index (χ2n) is 10.8. The molecule has 6 rings (SSSR count). The Hall–Kier alpha value is -2.67. The molecule has 3 aliphatic heterocycles. The van der Waals surface area contributed by atoms with Crippen LogP contribution in [0.1, 0.15) is 75.3 Å². The highest BCUT2D eigenvalue weighted by atomic mass is 15.2. The molecule has 6 heteroatoms. The van der Waals surface area contributed by atoms with Gasteiger partial charge in [-0.3, -0.25) is 29.7 Å². The van der Waals surface area contributed by atoms with Crippen LogP contribution in [0.2, 0.25) is 0 Å². The van der Waals surface area contributed by atoms with Gasteiger partial charge in [-0.15, -0.1) is 0 Å². The van der Waals surface area contributed by atoms with Gasteiger partial charge in [0.05, 0.1) is 17.1 Å². The van der Waals surface area contributed by atoms with Crippen molar-refractivity contribution < 1.29 is 0 Å². The summed E-state index contributed by atoms with van der Waals surface area (Å²) in [6, 6.07) is 14.8. The summed E-state index contributed by atoms with van der Waals surface area (Å²) in [6.45, 7) is 19.6. The van der Waals surface area contributed by atoms with Crippen LogP contribution in [0.15, 0.2) is 55.0 Å². The van der Waals surface area contributed by atoms with Gasteiger partial charge < -0.3 is 0 Å². The number of fused-ring (bicyclic) bond motifs is 3. The predicted molar refractivity (Wildman–Crippen MR) is 146 cm³/mol. The standard InChI is InChI=1S/C11H15N.C10H14N2.C9H13N3/c1-9(2)12-7-10-5-3-4-6-11(10)8-12;1-8(2)12-6-9-4-3-5-11-10(9)7-12;1-7(2)12-5-8-9(6-12)11-4-3-10-8/h3-6,9H,7-8H2,1-2H3;3-5,8H,6-7H2,1-2H3;3-4,7H,5-6H2,1-2H3. The molecular weight excluding hydrogens is 444 g/mol. The van der Waals surface area contributed by atoms with Gasteiger partial charge in [0.2, 0.25) is 0 Å². The van der Waals surface area contributed by atoms with Gasteiger partial charge in [-0.25, -0.2) is 0 Å². The molecule has 0 atom stereocenters. The van der Waals surface area contributed by atoms with E-state index in [-0.39, 0.29) is 0 Å². The fourth-order valence-electron chi connectivity index (χ4n) is 4.78. The fourth-order valence-corrected chi connectivity index (χ4v) is 4.78. The average Bonchev–Trinajstić information content (AvgIpc) is 3.61. The molecule has 36 heavy (non-hydrogen) atoms. The molecule has 0 radical (unpaired) electrons. The summed E-state index contributed by atoms with van der Waals surface area (Å²) in [4.78, 5) is 20.2. The summed E-state index contributed by atoms with van der Waals surface area (Å²) < 4.78 is 0. The third kappa shape index (κ3) is 6.55. The molecule has 2 aromatic heterocycles. The highest BCUT2D eigenvalue weighted by molar-refractivity contribution is 5.30. The molecule has 3 aliphatic rings. The van der Waals surface area contributed by atoms with Crippen LogP contribution < -0.4 is 0 Å². The molecule has 0 amide bonds. The van der Waals surface area contributed by atoms with Crippen molar-refractivity contribution in [2.24, 2.45) is 0 Å². The normalized spacial score (nSPS) is 16.9. The van der Waals surface area contributed by atoms with Crippen LogP contribution in [0.4, 0.5) is 0 Å². The third-order valence-electron chi connectivity index (χ3n) is 7.33. The van der Waals surface area contributed by atoms with Gasteiger partial charge in [-0.1, -0.05) is 30.3 Å². The first-order valence-corrected chi connectivity index (χ1v) is 13.3. The van der Waals surface area contributed by atoms with E-state index in [2.05, 4.69) is 102 Å². The third-order valence-corrected chi connectivity index (χ3v) is 7.33. The van der Waals surface area contributed by atoms with Crippen molar-refractivity contribution in [1.82, 2.24) is 29.7 Å². The van der Waals surface area contributed by atoms with Crippen LogP contribution in [-0.4, -0.2) is 47.8 Å².